The molecule has 6 nitrogen and oxygen atoms in total. The predicted octanol–water partition coefficient (Wildman–Crippen LogP) is 3.03. The van der Waals surface area contributed by atoms with Crippen molar-refractivity contribution < 1.29 is 19.5 Å². The number of carboxylic acid groups (broad SMARTS) is 1. The first-order valence-corrected chi connectivity index (χ1v) is 10.1. The summed E-state index contributed by atoms with van der Waals surface area (Å²) in [6.07, 6.45) is 6.35. The summed E-state index contributed by atoms with van der Waals surface area (Å²) in [6.45, 7) is -0.0402. The van der Waals surface area contributed by atoms with Crippen molar-refractivity contribution in [3.8, 4) is 0 Å². The molecule has 0 radical (unpaired) electrons. The molecule has 1 aliphatic carbocycles. The maximum atomic E-state index is 12.0. The molecule has 0 spiro atoms. The summed E-state index contributed by atoms with van der Waals surface area (Å²) in [6, 6.07) is 7.28. The van der Waals surface area contributed by atoms with Crippen LogP contribution in [0.5, 0.6) is 0 Å². The molecule has 0 unspecified atom stereocenters. The second kappa shape index (κ2) is 10.9. The molecule has 7 heteroatoms. The van der Waals surface area contributed by atoms with E-state index in [2.05, 4.69) is 10.6 Å². The van der Waals surface area contributed by atoms with Gasteiger partial charge in [0.1, 0.15) is 0 Å². The predicted molar refractivity (Wildman–Crippen MR) is 103 cm³/mol. The van der Waals surface area contributed by atoms with Crippen molar-refractivity contribution in [3.05, 3.63) is 29.8 Å². The largest absolute Gasteiger partial charge is 0.481 e. The van der Waals surface area contributed by atoms with E-state index in [0.717, 1.165) is 12.0 Å². The molecular formula is C19H26N2O4S. The van der Waals surface area contributed by atoms with Crippen LogP contribution >= 0.6 is 11.8 Å². The van der Waals surface area contributed by atoms with Crippen LogP contribution in [0.2, 0.25) is 0 Å². The number of thioether (sulfide) groups is 1. The molecule has 2 rings (SSSR count). The molecule has 0 saturated heterocycles. The normalized spacial score (nSPS) is 14.2. The Bertz CT molecular complexity index is 630. The van der Waals surface area contributed by atoms with Crippen LogP contribution in [0.3, 0.4) is 0 Å². The number of hydrogen-bond acceptors (Lipinski definition) is 4. The highest BCUT2D eigenvalue weighted by atomic mass is 32.2. The number of anilines is 1. The first kappa shape index (κ1) is 20.3. The minimum Gasteiger partial charge on any atom is -0.481 e. The quantitative estimate of drug-likeness (QED) is 0.582. The number of carbonyl (C=O) groups is 3. The number of nitrogens with one attached hydrogen (secondary N) is 2. The third-order valence-corrected chi connectivity index (χ3v) is 5.39. The van der Waals surface area contributed by atoms with E-state index in [1.807, 2.05) is 18.2 Å². The zero-order valence-electron chi connectivity index (χ0n) is 14.8. The summed E-state index contributed by atoms with van der Waals surface area (Å²) >= 11 is 1.30. The third kappa shape index (κ3) is 7.91. The van der Waals surface area contributed by atoms with E-state index in [1.165, 1.54) is 37.4 Å². The van der Waals surface area contributed by atoms with Gasteiger partial charge >= 0.3 is 5.97 Å². The second-order valence-electron chi connectivity index (χ2n) is 6.60. The maximum Gasteiger partial charge on any atom is 0.313 e. The second-order valence-corrected chi connectivity index (χ2v) is 7.59. The van der Waals surface area contributed by atoms with Crippen LogP contribution in [0.1, 0.15) is 44.1 Å². The van der Waals surface area contributed by atoms with E-state index in [1.54, 1.807) is 6.07 Å². The molecular weight excluding hydrogens is 352 g/mol. The molecule has 142 valence electrons. The average Bonchev–Trinajstić information content (AvgIpc) is 3.12. The lowest BCUT2D eigenvalue weighted by Gasteiger charge is -2.10. The molecule has 0 aromatic heterocycles. The lowest BCUT2D eigenvalue weighted by molar-refractivity contribution is -0.134. The fourth-order valence-corrected chi connectivity index (χ4v) is 3.79. The fourth-order valence-electron chi connectivity index (χ4n) is 3.10. The van der Waals surface area contributed by atoms with Crippen molar-refractivity contribution in [2.45, 2.75) is 44.3 Å². The van der Waals surface area contributed by atoms with Gasteiger partial charge < -0.3 is 15.7 Å². The van der Waals surface area contributed by atoms with Gasteiger partial charge in [0.15, 0.2) is 0 Å². The highest BCUT2D eigenvalue weighted by Gasteiger charge is 2.16. The molecule has 2 amide bonds. The molecule has 0 heterocycles. The summed E-state index contributed by atoms with van der Waals surface area (Å²) in [5, 5.41) is 14.1. The highest BCUT2D eigenvalue weighted by molar-refractivity contribution is 7.99. The molecule has 1 aliphatic rings. The molecule has 26 heavy (non-hydrogen) atoms. The Morgan fingerprint density at radius 2 is 1.92 bits per heavy atom. The smallest absolute Gasteiger partial charge is 0.313 e. The Morgan fingerprint density at radius 3 is 2.65 bits per heavy atom. The van der Waals surface area contributed by atoms with Crippen molar-refractivity contribution in [3.63, 3.8) is 0 Å². The van der Waals surface area contributed by atoms with Crippen LogP contribution < -0.4 is 10.6 Å². The molecule has 1 fully saturated rings. The summed E-state index contributed by atoms with van der Waals surface area (Å²) in [5.74, 6) is 0.0806. The molecule has 1 aromatic carbocycles. The number of carbonyl (C=O) groups excluding carboxylic acids is 2. The van der Waals surface area contributed by atoms with Crippen LogP contribution in [0.4, 0.5) is 5.69 Å². The van der Waals surface area contributed by atoms with Gasteiger partial charge in [-0.25, -0.2) is 0 Å². The van der Waals surface area contributed by atoms with Crippen LogP contribution in [0.25, 0.3) is 0 Å². The van der Waals surface area contributed by atoms with Crippen LogP contribution in [0, 0.1) is 5.92 Å². The Balaban J connectivity index is 1.68. The molecule has 0 atom stereocenters. The van der Waals surface area contributed by atoms with Gasteiger partial charge in [-0.15, -0.1) is 11.8 Å². The number of benzene rings is 1. The molecule has 0 bridgehead atoms. The third-order valence-electron chi connectivity index (χ3n) is 4.41. The zero-order chi connectivity index (χ0) is 18.8. The summed E-state index contributed by atoms with van der Waals surface area (Å²) in [7, 11) is 0. The summed E-state index contributed by atoms with van der Waals surface area (Å²) in [4.78, 5) is 34.4. The first-order chi connectivity index (χ1) is 12.5. The Morgan fingerprint density at radius 1 is 1.15 bits per heavy atom. The number of amides is 2. The molecule has 3 N–H and O–H groups in total. The molecule has 0 aliphatic heterocycles. The fraction of sp³-hybridized carbons (Fsp3) is 0.526. The van der Waals surface area contributed by atoms with Gasteiger partial charge in [0.25, 0.3) is 0 Å². The van der Waals surface area contributed by atoms with Gasteiger partial charge in [0, 0.05) is 17.9 Å². The van der Waals surface area contributed by atoms with Gasteiger partial charge in [-0.1, -0.05) is 37.8 Å². The SMILES string of the molecule is O=C(O)CSCc1cccc(NC(=O)CNC(=O)CCC2CCCC2)c1. The topological polar surface area (TPSA) is 95.5 Å². The highest BCUT2D eigenvalue weighted by Crippen LogP contribution is 2.28. The van der Waals surface area contributed by atoms with Gasteiger partial charge in [0.05, 0.1) is 12.3 Å². The Labute approximate surface area is 158 Å². The Hall–Kier alpha value is -2.02. The van der Waals surface area contributed by atoms with Gasteiger partial charge in [-0.05, 0) is 30.0 Å². The minimum absolute atomic E-state index is 0.0402. The van der Waals surface area contributed by atoms with Gasteiger partial charge in [-0.3, -0.25) is 14.4 Å². The number of aliphatic carboxylic acids is 1. The van der Waals surface area contributed by atoms with E-state index in [0.29, 0.717) is 23.8 Å². The molecule has 1 aromatic rings. The van der Waals surface area contributed by atoms with Crippen molar-refractivity contribution in [1.82, 2.24) is 5.32 Å². The Kier molecular flexibility index (Phi) is 8.47. The molecule has 1 saturated carbocycles. The lowest BCUT2D eigenvalue weighted by atomic mass is 10.0. The first-order valence-electron chi connectivity index (χ1n) is 8.98. The monoisotopic (exact) mass is 378 g/mol. The number of rotatable bonds is 10. The van der Waals surface area contributed by atoms with Crippen molar-refractivity contribution in [2.24, 2.45) is 5.92 Å². The van der Waals surface area contributed by atoms with E-state index in [9.17, 15) is 14.4 Å². The van der Waals surface area contributed by atoms with E-state index in [4.69, 9.17) is 5.11 Å². The lowest BCUT2D eigenvalue weighted by Crippen LogP contribution is -2.32. The van der Waals surface area contributed by atoms with Crippen molar-refractivity contribution in [2.75, 3.05) is 17.6 Å². The van der Waals surface area contributed by atoms with Crippen LogP contribution in [-0.4, -0.2) is 35.2 Å². The van der Waals surface area contributed by atoms with Crippen LogP contribution in [0.15, 0.2) is 24.3 Å². The standard InChI is InChI=1S/C19H26N2O4S/c22-17(9-8-14-4-1-2-5-14)20-11-18(23)21-16-7-3-6-15(10-16)12-26-13-19(24)25/h3,6-7,10,14H,1-2,4-5,8-9,11-13H2,(H,20,22)(H,21,23)(H,24,25). The average molecular weight is 378 g/mol. The number of carboxylic acids is 1. The van der Waals surface area contributed by atoms with E-state index < -0.39 is 5.97 Å². The zero-order valence-corrected chi connectivity index (χ0v) is 15.6. The van der Waals surface area contributed by atoms with E-state index in [-0.39, 0.29) is 24.1 Å². The van der Waals surface area contributed by atoms with E-state index >= 15 is 0 Å². The summed E-state index contributed by atoms with van der Waals surface area (Å²) in [5.41, 5.74) is 1.58. The summed E-state index contributed by atoms with van der Waals surface area (Å²) < 4.78 is 0. The van der Waals surface area contributed by atoms with Gasteiger partial charge in [0.2, 0.25) is 11.8 Å². The van der Waals surface area contributed by atoms with Crippen molar-refractivity contribution in [1.29, 1.82) is 0 Å². The maximum absolute atomic E-state index is 12.0. The van der Waals surface area contributed by atoms with Gasteiger partial charge in [-0.2, -0.15) is 0 Å². The number of hydrogen-bond donors (Lipinski definition) is 3. The van der Waals surface area contributed by atoms with Crippen molar-refractivity contribution >= 4 is 35.2 Å². The minimum atomic E-state index is -0.844. The van der Waals surface area contributed by atoms with Crippen LogP contribution in [-0.2, 0) is 20.1 Å².